The minimum atomic E-state index is -4.40. The minimum Gasteiger partial charge on any atom is -0.314 e. The van der Waals surface area contributed by atoms with Crippen LogP contribution in [0.25, 0.3) is 10.9 Å². The van der Waals surface area contributed by atoms with Crippen molar-refractivity contribution in [1.82, 2.24) is 15.3 Å². The van der Waals surface area contributed by atoms with Gasteiger partial charge in [-0.3, -0.25) is 0 Å². The Morgan fingerprint density at radius 3 is 2.65 bits per heavy atom. The van der Waals surface area contributed by atoms with Gasteiger partial charge in [-0.15, -0.1) is 0 Å². The fourth-order valence-corrected chi connectivity index (χ4v) is 1.68. The van der Waals surface area contributed by atoms with Crippen LogP contribution in [0.5, 0.6) is 0 Å². The number of fused-ring (bicyclic) bond motifs is 1. The number of hydrogen-bond donors (Lipinski definition) is 1. The fourth-order valence-electron chi connectivity index (χ4n) is 1.68. The van der Waals surface area contributed by atoms with Gasteiger partial charge in [-0.2, -0.15) is 13.2 Å². The first-order valence-electron chi connectivity index (χ1n) is 4.98. The Kier molecular flexibility index (Phi) is 2.97. The zero-order valence-electron chi connectivity index (χ0n) is 9.04. The van der Waals surface area contributed by atoms with Gasteiger partial charge in [0.05, 0.1) is 16.8 Å². The van der Waals surface area contributed by atoms with Crippen molar-refractivity contribution in [2.24, 2.45) is 0 Å². The number of rotatable bonds is 2. The van der Waals surface area contributed by atoms with Crippen LogP contribution in [0.1, 0.15) is 11.3 Å². The topological polar surface area (TPSA) is 37.8 Å². The van der Waals surface area contributed by atoms with E-state index in [4.69, 9.17) is 0 Å². The Hall–Kier alpha value is -1.69. The third-order valence-electron chi connectivity index (χ3n) is 2.40. The van der Waals surface area contributed by atoms with E-state index in [-0.39, 0.29) is 5.52 Å². The molecule has 3 nitrogen and oxygen atoms in total. The van der Waals surface area contributed by atoms with Crippen molar-refractivity contribution in [1.29, 1.82) is 0 Å². The van der Waals surface area contributed by atoms with Crippen LogP contribution >= 0.6 is 0 Å². The van der Waals surface area contributed by atoms with E-state index in [2.05, 4.69) is 15.3 Å². The normalized spacial score (nSPS) is 12.0. The van der Waals surface area contributed by atoms with Gasteiger partial charge in [-0.05, 0) is 13.1 Å². The number of aromatic nitrogens is 2. The molecule has 0 aliphatic rings. The molecule has 90 valence electrons. The molecule has 0 aliphatic heterocycles. The molecule has 1 aromatic heterocycles. The molecule has 17 heavy (non-hydrogen) atoms. The highest BCUT2D eigenvalue weighted by Gasteiger charge is 2.33. The molecule has 2 aromatic rings. The predicted octanol–water partition coefficient (Wildman–Crippen LogP) is 2.37. The lowest BCUT2D eigenvalue weighted by molar-refractivity contribution is -0.136. The molecular formula is C11H10F3N3. The van der Waals surface area contributed by atoms with Gasteiger partial charge >= 0.3 is 6.18 Å². The highest BCUT2D eigenvalue weighted by atomic mass is 19.4. The van der Waals surface area contributed by atoms with Gasteiger partial charge < -0.3 is 5.32 Å². The van der Waals surface area contributed by atoms with Crippen LogP contribution in [0.3, 0.4) is 0 Å². The molecule has 0 saturated carbocycles. The Morgan fingerprint density at radius 2 is 2.00 bits per heavy atom. The summed E-state index contributed by atoms with van der Waals surface area (Å²) in [6, 6.07) is 3.99. The van der Waals surface area contributed by atoms with E-state index in [0.29, 0.717) is 17.6 Å². The van der Waals surface area contributed by atoms with E-state index < -0.39 is 11.7 Å². The largest absolute Gasteiger partial charge is 0.418 e. The monoisotopic (exact) mass is 241 g/mol. The number of hydrogen-bond acceptors (Lipinski definition) is 3. The highest BCUT2D eigenvalue weighted by molar-refractivity contribution is 5.84. The predicted molar refractivity (Wildman–Crippen MR) is 57.3 cm³/mol. The maximum absolute atomic E-state index is 12.8. The summed E-state index contributed by atoms with van der Waals surface area (Å²) in [4.78, 5) is 7.71. The Balaban J connectivity index is 2.70. The van der Waals surface area contributed by atoms with Crippen LogP contribution in [0.4, 0.5) is 13.2 Å². The first-order chi connectivity index (χ1) is 8.04. The second kappa shape index (κ2) is 4.29. The van der Waals surface area contributed by atoms with Crippen molar-refractivity contribution < 1.29 is 13.2 Å². The van der Waals surface area contributed by atoms with Gasteiger partial charge in [0, 0.05) is 11.9 Å². The van der Waals surface area contributed by atoms with E-state index in [1.54, 1.807) is 13.1 Å². The van der Waals surface area contributed by atoms with Crippen LogP contribution in [-0.2, 0) is 12.7 Å². The summed E-state index contributed by atoms with van der Waals surface area (Å²) in [5.74, 6) is 0. The minimum absolute atomic E-state index is 0.0553. The van der Waals surface area contributed by atoms with E-state index in [1.807, 2.05) is 0 Å². The van der Waals surface area contributed by atoms with Gasteiger partial charge in [0.2, 0.25) is 0 Å². The molecule has 0 radical (unpaired) electrons. The van der Waals surface area contributed by atoms with E-state index >= 15 is 0 Å². The molecule has 1 heterocycles. The first kappa shape index (κ1) is 11.8. The summed E-state index contributed by atoms with van der Waals surface area (Å²) in [5.41, 5.74) is -0.224. The van der Waals surface area contributed by atoms with Gasteiger partial charge in [-0.1, -0.05) is 12.1 Å². The van der Waals surface area contributed by atoms with Crippen LogP contribution < -0.4 is 5.32 Å². The van der Waals surface area contributed by atoms with Gasteiger partial charge in [0.25, 0.3) is 0 Å². The standard InChI is InChI=1S/C11H10F3N3/c1-15-5-9-7-3-2-4-8(11(12,13)14)10(7)17-6-16-9/h2-4,6,15H,5H2,1H3. The van der Waals surface area contributed by atoms with Crippen molar-refractivity contribution in [2.45, 2.75) is 12.7 Å². The molecule has 2 rings (SSSR count). The van der Waals surface area contributed by atoms with Gasteiger partial charge in [-0.25, -0.2) is 9.97 Å². The van der Waals surface area contributed by atoms with Crippen LogP contribution in [0.2, 0.25) is 0 Å². The number of para-hydroxylation sites is 1. The molecule has 0 fully saturated rings. The van der Waals surface area contributed by atoms with E-state index in [1.165, 1.54) is 6.07 Å². The Bertz CT molecular complexity index is 537. The van der Waals surface area contributed by atoms with E-state index in [9.17, 15) is 13.2 Å². The maximum atomic E-state index is 12.8. The first-order valence-corrected chi connectivity index (χ1v) is 4.98. The maximum Gasteiger partial charge on any atom is 0.418 e. The molecule has 6 heteroatoms. The summed E-state index contributed by atoms with van der Waals surface area (Å²) in [6.45, 7) is 0.403. The van der Waals surface area contributed by atoms with Gasteiger partial charge in [0.15, 0.2) is 0 Å². The highest BCUT2D eigenvalue weighted by Crippen LogP contribution is 2.34. The van der Waals surface area contributed by atoms with Crippen LogP contribution in [-0.4, -0.2) is 17.0 Å². The summed E-state index contributed by atoms with van der Waals surface area (Å²) in [5, 5.41) is 3.29. The second-order valence-corrected chi connectivity index (χ2v) is 3.55. The van der Waals surface area contributed by atoms with Crippen molar-refractivity contribution in [2.75, 3.05) is 7.05 Å². The lowest BCUT2D eigenvalue weighted by Gasteiger charge is -2.10. The third-order valence-corrected chi connectivity index (χ3v) is 2.40. The summed E-state index contributed by atoms with van der Waals surface area (Å²) >= 11 is 0. The lowest BCUT2D eigenvalue weighted by atomic mass is 10.1. The molecule has 0 spiro atoms. The average molecular weight is 241 g/mol. The molecule has 0 amide bonds. The lowest BCUT2D eigenvalue weighted by Crippen LogP contribution is -2.10. The zero-order chi connectivity index (χ0) is 12.5. The van der Waals surface area contributed by atoms with Crippen molar-refractivity contribution >= 4 is 10.9 Å². The quantitative estimate of drug-likeness (QED) is 0.877. The fraction of sp³-hybridized carbons (Fsp3) is 0.273. The second-order valence-electron chi connectivity index (χ2n) is 3.55. The number of halogens is 3. The van der Waals surface area contributed by atoms with E-state index in [0.717, 1.165) is 12.4 Å². The van der Waals surface area contributed by atoms with Crippen molar-refractivity contribution in [3.8, 4) is 0 Å². The SMILES string of the molecule is CNCc1ncnc2c(C(F)(F)F)cccc12. The third kappa shape index (κ3) is 2.21. The van der Waals surface area contributed by atoms with Crippen molar-refractivity contribution in [3.63, 3.8) is 0 Å². The molecule has 0 unspecified atom stereocenters. The average Bonchev–Trinajstić information content (AvgIpc) is 2.28. The van der Waals surface area contributed by atoms with Gasteiger partial charge in [0.1, 0.15) is 6.33 Å². The molecule has 1 aromatic carbocycles. The summed E-state index contributed by atoms with van der Waals surface area (Å²) in [7, 11) is 1.71. The van der Waals surface area contributed by atoms with Crippen molar-refractivity contribution in [3.05, 3.63) is 35.8 Å². The summed E-state index contributed by atoms with van der Waals surface area (Å²) in [6.07, 6.45) is -3.24. The summed E-state index contributed by atoms with van der Waals surface area (Å²) < 4.78 is 38.3. The molecule has 0 atom stereocenters. The molecule has 0 saturated heterocycles. The molecule has 0 aliphatic carbocycles. The number of alkyl halides is 3. The Morgan fingerprint density at radius 1 is 1.24 bits per heavy atom. The smallest absolute Gasteiger partial charge is 0.314 e. The number of nitrogens with one attached hydrogen (secondary N) is 1. The molecular weight excluding hydrogens is 231 g/mol. The number of nitrogens with zero attached hydrogens (tertiary/aromatic N) is 2. The number of benzene rings is 1. The molecule has 1 N–H and O–H groups in total. The van der Waals surface area contributed by atoms with Crippen LogP contribution in [0, 0.1) is 0 Å². The zero-order valence-corrected chi connectivity index (χ0v) is 9.04. The van der Waals surface area contributed by atoms with Crippen LogP contribution in [0.15, 0.2) is 24.5 Å². The Labute approximate surface area is 95.7 Å². The molecule has 0 bridgehead atoms.